The van der Waals surface area contributed by atoms with Crippen molar-refractivity contribution in [3.05, 3.63) is 0 Å². The fourth-order valence-corrected chi connectivity index (χ4v) is 1.87. The summed E-state index contributed by atoms with van der Waals surface area (Å²) >= 11 is 0. The van der Waals surface area contributed by atoms with Crippen LogP contribution in [0.3, 0.4) is 0 Å². The third kappa shape index (κ3) is 2.99. The van der Waals surface area contributed by atoms with Gasteiger partial charge in [-0.05, 0) is 26.2 Å². The molecule has 0 N–H and O–H groups in total. The number of hydrogen-bond acceptors (Lipinski definition) is 2. The minimum atomic E-state index is -0.0316. The maximum absolute atomic E-state index is 11.4. The van der Waals surface area contributed by atoms with E-state index < -0.39 is 0 Å². The van der Waals surface area contributed by atoms with Crippen LogP contribution in [0.15, 0.2) is 0 Å². The molecule has 1 aliphatic rings. The Kier molecular flexibility index (Phi) is 4.22. The van der Waals surface area contributed by atoms with Crippen molar-refractivity contribution in [3.63, 3.8) is 0 Å². The van der Waals surface area contributed by atoms with Gasteiger partial charge in [0, 0.05) is 13.1 Å². The molecule has 13 heavy (non-hydrogen) atoms. The number of ether oxygens (including phenoxy) is 1. The van der Waals surface area contributed by atoms with Crippen LogP contribution in [0.2, 0.25) is 0 Å². The molecule has 0 heterocycles. The molecule has 0 amide bonds. The molecule has 0 aromatic rings. The molecule has 1 fully saturated rings. The van der Waals surface area contributed by atoms with E-state index in [1.807, 2.05) is 14.0 Å². The summed E-state index contributed by atoms with van der Waals surface area (Å²) < 4.78 is 4.99. The van der Waals surface area contributed by atoms with Crippen LogP contribution in [-0.2, 0) is 9.53 Å². The van der Waals surface area contributed by atoms with Gasteiger partial charge in [0.15, 0.2) is 0 Å². The highest BCUT2D eigenvalue weighted by Gasteiger charge is 2.27. The molecule has 0 bridgehead atoms. The summed E-state index contributed by atoms with van der Waals surface area (Å²) in [5, 5.41) is 4.23. The lowest BCUT2D eigenvalue weighted by Gasteiger charge is -2.26. The van der Waals surface area contributed by atoms with E-state index in [2.05, 4.69) is 5.32 Å². The predicted octanol–water partition coefficient (Wildman–Crippen LogP) is 1.34. The monoisotopic (exact) mass is 184 g/mol. The molecule has 0 aromatic heterocycles. The molecule has 1 radical (unpaired) electrons. The fourth-order valence-electron chi connectivity index (χ4n) is 1.87. The highest BCUT2D eigenvalue weighted by Crippen LogP contribution is 2.25. The SMILES string of the molecule is CCOC(=O)C1CCCC([N]C)C1. The highest BCUT2D eigenvalue weighted by molar-refractivity contribution is 5.72. The lowest BCUT2D eigenvalue weighted by molar-refractivity contribution is -0.149. The first-order chi connectivity index (χ1) is 6.27. The number of hydrogen-bond donors (Lipinski definition) is 0. The van der Waals surface area contributed by atoms with Gasteiger partial charge in [0.05, 0.1) is 12.5 Å². The smallest absolute Gasteiger partial charge is 0.308 e. The topological polar surface area (TPSA) is 40.4 Å². The van der Waals surface area contributed by atoms with E-state index in [0.29, 0.717) is 12.6 Å². The standard InChI is InChI=1S/C10H18NO2/c1-3-13-10(12)8-5-4-6-9(7-8)11-2/h8-9H,3-7H2,1-2H3. The molecule has 1 aliphatic carbocycles. The molecule has 75 valence electrons. The van der Waals surface area contributed by atoms with Gasteiger partial charge in [0.25, 0.3) is 0 Å². The Morgan fingerprint density at radius 3 is 2.92 bits per heavy atom. The minimum absolute atomic E-state index is 0.0316. The summed E-state index contributed by atoms with van der Waals surface area (Å²) in [4.78, 5) is 11.4. The van der Waals surface area contributed by atoms with E-state index in [4.69, 9.17) is 4.74 Å². The second kappa shape index (κ2) is 5.22. The Morgan fingerprint density at radius 1 is 1.54 bits per heavy atom. The quantitative estimate of drug-likeness (QED) is 0.621. The van der Waals surface area contributed by atoms with Crippen molar-refractivity contribution in [1.82, 2.24) is 5.32 Å². The summed E-state index contributed by atoms with van der Waals surface area (Å²) in [6, 6.07) is 0.378. The van der Waals surface area contributed by atoms with Crippen molar-refractivity contribution in [3.8, 4) is 0 Å². The van der Waals surface area contributed by atoms with E-state index in [9.17, 15) is 4.79 Å². The van der Waals surface area contributed by atoms with Crippen LogP contribution < -0.4 is 5.32 Å². The zero-order chi connectivity index (χ0) is 9.68. The van der Waals surface area contributed by atoms with Crippen LogP contribution in [-0.4, -0.2) is 25.7 Å². The van der Waals surface area contributed by atoms with Crippen LogP contribution in [0.25, 0.3) is 0 Å². The molecular formula is C10H18NO2. The molecule has 1 saturated carbocycles. The van der Waals surface area contributed by atoms with E-state index >= 15 is 0 Å². The summed E-state index contributed by atoms with van der Waals surface area (Å²) in [5.41, 5.74) is 0. The lowest BCUT2D eigenvalue weighted by atomic mass is 9.86. The number of carbonyl (C=O) groups is 1. The van der Waals surface area contributed by atoms with Crippen molar-refractivity contribution in [2.75, 3.05) is 13.7 Å². The second-order valence-corrected chi connectivity index (χ2v) is 3.53. The normalized spacial score (nSPS) is 28.5. The molecule has 2 unspecified atom stereocenters. The average Bonchev–Trinajstić information content (AvgIpc) is 2.18. The molecular weight excluding hydrogens is 166 g/mol. The van der Waals surface area contributed by atoms with Crippen molar-refractivity contribution < 1.29 is 9.53 Å². The van der Waals surface area contributed by atoms with E-state index in [1.165, 1.54) is 0 Å². The zero-order valence-electron chi connectivity index (χ0n) is 8.45. The van der Waals surface area contributed by atoms with Crippen LogP contribution in [0, 0.1) is 5.92 Å². The number of carbonyl (C=O) groups excluding carboxylic acids is 1. The van der Waals surface area contributed by atoms with Gasteiger partial charge in [-0.25, -0.2) is 5.32 Å². The predicted molar refractivity (Wildman–Crippen MR) is 50.4 cm³/mol. The molecule has 2 atom stereocenters. The largest absolute Gasteiger partial charge is 0.466 e. The Morgan fingerprint density at radius 2 is 2.31 bits per heavy atom. The Labute approximate surface area is 79.8 Å². The average molecular weight is 184 g/mol. The maximum atomic E-state index is 11.4. The number of nitrogens with zero attached hydrogens (tertiary/aromatic N) is 1. The summed E-state index contributed by atoms with van der Waals surface area (Å²) in [6.07, 6.45) is 4.10. The van der Waals surface area contributed by atoms with Crippen molar-refractivity contribution >= 4 is 5.97 Å². The first kappa shape index (κ1) is 10.5. The van der Waals surface area contributed by atoms with Gasteiger partial charge in [-0.15, -0.1) is 0 Å². The first-order valence-corrected chi connectivity index (χ1v) is 5.03. The Bertz CT molecular complexity index is 170. The minimum Gasteiger partial charge on any atom is -0.466 e. The fraction of sp³-hybridized carbons (Fsp3) is 0.900. The van der Waals surface area contributed by atoms with Gasteiger partial charge in [-0.3, -0.25) is 4.79 Å². The van der Waals surface area contributed by atoms with Crippen molar-refractivity contribution in [2.45, 2.75) is 38.6 Å². The summed E-state index contributed by atoms with van der Waals surface area (Å²) in [7, 11) is 1.83. The van der Waals surface area contributed by atoms with Gasteiger partial charge >= 0.3 is 5.97 Å². The molecule has 0 aromatic carbocycles. The van der Waals surface area contributed by atoms with Gasteiger partial charge in [-0.2, -0.15) is 0 Å². The summed E-state index contributed by atoms with van der Waals surface area (Å²) in [6.45, 7) is 2.34. The molecule has 0 saturated heterocycles. The van der Waals surface area contributed by atoms with Gasteiger partial charge < -0.3 is 4.74 Å². The van der Waals surface area contributed by atoms with E-state index in [-0.39, 0.29) is 11.9 Å². The summed E-state index contributed by atoms with van der Waals surface area (Å²) in [5.74, 6) is 0.0678. The number of rotatable bonds is 3. The van der Waals surface area contributed by atoms with Crippen LogP contribution in [0.4, 0.5) is 0 Å². The lowest BCUT2D eigenvalue weighted by Crippen LogP contribution is -2.31. The van der Waals surface area contributed by atoms with E-state index in [0.717, 1.165) is 25.7 Å². The van der Waals surface area contributed by atoms with Crippen LogP contribution >= 0.6 is 0 Å². The highest BCUT2D eigenvalue weighted by atomic mass is 16.5. The van der Waals surface area contributed by atoms with Crippen molar-refractivity contribution in [1.29, 1.82) is 0 Å². The van der Waals surface area contributed by atoms with Gasteiger partial charge in [0.1, 0.15) is 0 Å². The Balaban J connectivity index is 2.37. The maximum Gasteiger partial charge on any atom is 0.308 e. The van der Waals surface area contributed by atoms with Gasteiger partial charge in [-0.1, -0.05) is 6.42 Å². The number of esters is 1. The molecule has 3 nitrogen and oxygen atoms in total. The van der Waals surface area contributed by atoms with E-state index in [1.54, 1.807) is 0 Å². The Hall–Kier alpha value is -0.570. The third-order valence-corrected chi connectivity index (χ3v) is 2.63. The van der Waals surface area contributed by atoms with Crippen LogP contribution in [0.5, 0.6) is 0 Å². The van der Waals surface area contributed by atoms with Crippen molar-refractivity contribution in [2.24, 2.45) is 5.92 Å². The molecule has 0 aliphatic heterocycles. The van der Waals surface area contributed by atoms with Gasteiger partial charge in [0.2, 0.25) is 0 Å². The zero-order valence-corrected chi connectivity index (χ0v) is 8.45. The third-order valence-electron chi connectivity index (χ3n) is 2.63. The first-order valence-electron chi connectivity index (χ1n) is 5.03. The molecule has 3 heteroatoms. The molecule has 0 spiro atoms. The second-order valence-electron chi connectivity index (χ2n) is 3.53. The van der Waals surface area contributed by atoms with Crippen LogP contribution in [0.1, 0.15) is 32.6 Å². The molecule has 1 rings (SSSR count).